The predicted molar refractivity (Wildman–Crippen MR) is 163 cm³/mol. The molecule has 1 aromatic heterocycles. The molecule has 13 heteroatoms. The molecule has 13 nitrogen and oxygen atoms in total. The smallest absolute Gasteiger partial charge is 0.311 e. The first-order valence-electron chi connectivity index (χ1n) is 14.8. The number of methoxy groups -OCH3 is 1. The second kappa shape index (κ2) is 18.1. The third kappa shape index (κ3) is 10.6. The minimum absolute atomic E-state index is 0.0376. The fraction of sp³-hybridized carbons (Fsp3) is 0.455. The molecule has 2 aromatic rings. The first-order chi connectivity index (χ1) is 21.8. The molecule has 248 valence electrons. The van der Waals surface area contributed by atoms with Gasteiger partial charge < -0.3 is 24.3 Å². The van der Waals surface area contributed by atoms with Crippen LogP contribution in [0.3, 0.4) is 0 Å². The van der Waals surface area contributed by atoms with Crippen molar-refractivity contribution >= 4 is 41.5 Å². The summed E-state index contributed by atoms with van der Waals surface area (Å²) in [6, 6.07) is 8.44. The van der Waals surface area contributed by atoms with E-state index in [0.29, 0.717) is 5.56 Å². The Bertz CT molecular complexity index is 1410. The lowest BCUT2D eigenvalue weighted by Crippen LogP contribution is -2.46. The summed E-state index contributed by atoms with van der Waals surface area (Å²) in [7, 11) is 1.29. The van der Waals surface area contributed by atoms with Gasteiger partial charge >= 0.3 is 11.9 Å². The molecule has 46 heavy (non-hydrogen) atoms. The zero-order chi connectivity index (χ0) is 34.4. The van der Waals surface area contributed by atoms with E-state index in [1.165, 1.54) is 19.4 Å². The summed E-state index contributed by atoms with van der Waals surface area (Å²) in [5.74, 6) is -7.54. The number of pyridine rings is 1. The average Bonchev–Trinajstić information content (AvgIpc) is 3.05. The minimum Gasteiger partial charge on any atom is -0.493 e. The predicted octanol–water partition coefficient (Wildman–Crippen LogP) is 2.86. The van der Waals surface area contributed by atoms with Crippen molar-refractivity contribution in [1.82, 2.24) is 10.3 Å². The molecular formula is C33H40N2O11. The third-order valence-corrected chi connectivity index (χ3v) is 6.83. The van der Waals surface area contributed by atoms with Gasteiger partial charge in [0, 0.05) is 18.7 Å². The summed E-state index contributed by atoms with van der Waals surface area (Å²) in [4.78, 5) is 92.6. The normalized spacial score (nSPS) is 12.8. The Morgan fingerprint density at radius 1 is 0.935 bits per heavy atom. The lowest BCUT2D eigenvalue weighted by molar-refractivity contribution is -0.159. The minimum atomic E-state index is -1.74. The third-order valence-electron chi connectivity index (χ3n) is 6.83. The van der Waals surface area contributed by atoms with Crippen molar-refractivity contribution in [3.05, 3.63) is 53.9 Å². The number of aromatic nitrogens is 1. The summed E-state index contributed by atoms with van der Waals surface area (Å²) in [6.45, 7) is 7.62. The van der Waals surface area contributed by atoms with Gasteiger partial charge in [-0.1, -0.05) is 65.0 Å². The first kappa shape index (κ1) is 37.2. The van der Waals surface area contributed by atoms with Crippen LogP contribution < -0.4 is 14.8 Å². The average molecular weight is 641 g/mol. The van der Waals surface area contributed by atoms with Crippen LogP contribution in [0.15, 0.2) is 42.6 Å². The molecule has 0 unspecified atom stereocenters. The molecule has 1 N–H and O–H groups in total. The highest BCUT2D eigenvalue weighted by atomic mass is 16.7. The molecule has 1 aromatic carbocycles. The summed E-state index contributed by atoms with van der Waals surface area (Å²) >= 11 is 0. The molecule has 0 saturated heterocycles. The highest BCUT2D eigenvalue weighted by molar-refractivity contribution is 6.40. The van der Waals surface area contributed by atoms with Crippen molar-refractivity contribution in [2.45, 2.75) is 66.0 Å². The fourth-order valence-electron chi connectivity index (χ4n) is 4.23. The summed E-state index contributed by atoms with van der Waals surface area (Å²) in [6.07, 6.45) is -0.391. The highest BCUT2D eigenvalue weighted by Crippen LogP contribution is 2.30. The number of hydrogen-bond acceptors (Lipinski definition) is 12. The molecule has 0 saturated carbocycles. The van der Waals surface area contributed by atoms with Crippen LogP contribution in [0, 0.1) is 17.8 Å². The molecule has 0 spiro atoms. The van der Waals surface area contributed by atoms with Gasteiger partial charge in [0.15, 0.2) is 23.5 Å². The quantitative estimate of drug-likeness (QED) is 0.103. The number of nitrogens with one attached hydrogen (secondary N) is 1. The maximum Gasteiger partial charge on any atom is 0.311 e. The number of Topliss-reactive ketones (excluding diaryl/α,β-unsaturated/α-hetero) is 3. The Morgan fingerprint density at radius 2 is 1.59 bits per heavy atom. The van der Waals surface area contributed by atoms with Crippen LogP contribution in [-0.2, 0) is 44.7 Å². The van der Waals surface area contributed by atoms with Crippen molar-refractivity contribution < 1.29 is 52.5 Å². The van der Waals surface area contributed by atoms with E-state index in [-0.39, 0.29) is 30.6 Å². The SMILES string of the molecule is CC[C@@H](OC(=O)C(C)C)[C@@H](Cc1ccccc1)C(=O)C(=O)C[C@H](NC(=O)c1nccc(OC)c1OCOC(=O)C(C)C)C(=O)C=O. The standard InChI is InChI=1S/C33H40N2O11/c1-7-26(46-33(42)20(4)5)22(15-21-11-9-8-10-12-21)29(39)24(37)16-23(25(38)17-36)35-31(40)28-30(27(43-6)13-14-34-28)44-18-45-32(41)19(2)3/h8-14,17,19-20,22-23,26H,7,15-16,18H2,1-6H3,(H,35,40)/t22-,23+,26-/m1/s1. The topological polar surface area (TPSA) is 181 Å². The number of ether oxygens (including phenoxy) is 4. The van der Waals surface area contributed by atoms with E-state index >= 15 is 0 Å². The van der Waals surface area contributed by atoms with E-state index in [1.54, 1.807) is 65.0 Å². The van der Waals surface area contributed by atoms with E-state index in [2.05, 4.69) is 10.3 Å². The first-order valence-corrected chi connectivity index (χ1v) is 14.8. The van der Waals surface area contributed by atoms with Crippen LogP contribution in [0.25, 0.3) is 0 Å². The van der Waals surface area contributed by atoms with E-state index in [1.807, 2.05) is 0 Å². The van der Waals surface area contributed by atoms with Crippen molar-refractivity contribution in [1.29, 1.82) is 0 Å². The lowest BCUT2D eigenvalue weighted by Gasteiger charge is -2.26. The number of rotatable bonds is 19. The second-order valence-electron chi connectivity index (χ2n) is 10.9. The highest BCUT2D eigenvalue weighted by Gasteiger charge is 2.37. The van der Waals surface area contributed by atoms with Crippen molar-refractivity contribution in [2.24, 2.45) is 17.8 Å². The zero-order valence-electron chi connectivity index (χ0n) is 26.8. The monoisotopic (exact) mass is 640 g/mol. The Morgan fingerprint density at radius 3 is 2.15 bits per heavy atom. The summed E-state index contributed by atoms with van der Waals surface area (Å²) < 4.78 is 21.3. The Hall–Kier alpha value is -4.94. The van der Waals surface area contributed by atoms with Gasteiger partial charge in [-0.3, -0.25) is 33.6 Å². The molecule has 1 heterocycles. The van der Waals surface area contributed by atoms with Gasteiger partial charge in [0.25, 0.3) is 5.91 Å². The number of esters is 2. The van der Waals surface area contributed by atoms with Crippen LogP contribution in [0.1, 0.15) is 63.5 Å². The number of benzene rings is 1. The number of aldehydes is 1. The molecule has 3 atom stereocenters. The molecule has 2 rings (SSSR count). The Labute approximate surface area is 267 Å². The zero-order valence-corrected chi connectivity index (χ0v) is 26.8. The van der Waals surface area contributed by atoms with Crippen molar-refractivity contribution in [3.8, 4) is 11.5 Å². The molecule has 0 aliphatic carbocycles. The maximum atomic E-state index is 13.6. The van der Waals surface area contributed by atoms with Gasteiger partial charge in [-0.2, -0.15) is 0 Å². The fourth-order valence-corrected chi connectivity index (χ4v) is 4.23. The van der Waals surface area contributed by atoms with Crippen molar-refractivity contribution in [3.63, 3.8) is 0 Å². The van der Waals surface area contributed by atoms with E-state index in [9.17, 15) is 33.6 Å². The Kier molecular flexibility index (Phi) is 14.7. The van der Waals surface area contributed by atoms with Gasteiger partial charge in [-0.15, -0.1) is 0 Å². The molecule has 0 bridgehead atoms. The van der Waals surface area contributed by atoms with Crippen LogP contribution in [0.5, 0.6) is 11.5 Å². The molecule has 0 fully saturated rings. The maximum absolute atomic E-state index is 13.6. The van der Waals surface area contributed by atoms with Gasteiger partial charge in [-0.25, -0.2) is 4.98 Å². The van der Waals surface area contributed by atoms with E-state index in [4.69, 9.17) is 18.9 Å². The molecule has 0 radical (unpaired) electrons. The summed E-state index contributed by atoms with van der Waals surface area (Å²) in [5.41, 5.74) is 0.299. The van der Waals surface area contributed by atoms with Gasteiger partial charge in [0.2, 0.25) is 24.1 Å². The van der Waals surface area contributed by atoms with Crippen LogP contribution in [-0.4, -0.2) is 72.5 Å². The second-order valence-corrected chi connectivity index (χ2v) is 10.9. The Balaban J connectivity index is 2.34. The summed E-state index contributed by atoms with van der Waals surface area (Å²) in [5, 5.41) is 2.27. The van der Waals surface area contributed by atoms with Crippen LogP contribution in [0.2, 0.25) is 0 Å². The van der Waals surface area contributed by atoms with Crippen LogP contribution >= 0.6 is 0 Å². The number of ketones is 3. The van der Waals surface area contributed by atoms with E-state index < -0.39 is 84.0 Å². The number of hydrogen-bond donors (Lipinski definition) is 1. The largest absolute Gasteiger partial charge is 0.493 e. The van der Waals surface area contributed by atoms with Gasteiger partial charge in [0.05, 0.1) is 24.9 Å². The molecule has 0 aliphatic heterocycles. The molecule has 1 amide bonds. The number of carbonyl (C=O) groups is 7. The number of carbonyl (C=O) groups excluding carboxylic acids is 7. The van der Waals surface area contributed by atoms with Gasteiger partial charge in [0.1, 0.15) is 12.1 Å². The van der Waals surface area contributed by atoms with E-state index in [0.717, 1.165) is 0 Å². The van der Waals surface area contributed by atoms with Gasteiger partial charge in [-0.05, 0) is 18.4 Å². The molecule has 0 aliphatic rings. The molecular weight excluding hydrogens is 600 g/mol. The van der Waals surface area contributed by atoms with Crippen molar-refractivity contribution in [2.75, 3.05) is 13.9 Å². The van der Waals surface area contributed by atoms with Crippen LogP contribution in [0.4, 0.5) is 0 Å². The lowest BCUT2D eigenvalue weighted by atomic mass is 9.85. The number of nitrogens with zero attached hydrogens (tertiary/aromatic N) is 1. The number of amides is 1.